The van der Waals surface area contributed by atoms with Gasteiger partial charge < -0.3 is 15.2 Å². The molecular weight excluding hydrogens is 390 g/mol. The molecule has 3 rings (SSSR count). The monoisotopic (exact) mass is 406 g/mol. The summed E-state index contributed by atoms with van der Waals surface area (Å²) in [6, 6.07) is 9.76. The molecule has 0 atom stereocenters. The summed E-state index contributed by atoms with van der Waals surface area (Å²) in [4.78, 5) is 16.0. The summed E-state index contributed by atoms with van der Waals surface area (Å²) in [6.07, 6.45) is 4.83. The minimum atomic E-state index is -0.319. The first-order valence-electron chi connectivity index (χ1n) is 8.25. The van der Waals surface area contributed by atoms with Crippen molar-refractivity contribution in [2.24, 2.45) is 0 Å². The smallest absolute Gasteiger partial charge is 0.251 e. The van der Waals surface area contributed by atoms with E-state index < -0.39 is 0 Å². The van der Waals surface area contributed by atoms with Crippen LogP contribution < -0.4 is 10.6 Å². The standard InChI is InChI=1S/C19H17Cl2FN4O/c20-15-3-2-14(10-16(15)21)19(27)25-6-5-23-11-13-1-4-18(17(22)9-13)26-8-7-24-12-26/h1-4,7-10,12,23H,5-6,11H2,(H,25,27). The van der Waals surface area contributed by atoms with Crippen LogP contribution in [-0.2, 0) is 6.54 Å². The lowest BCUT2D eigenvalue weighted by atomic mass is 10.2. The van der Waals surface area contributed by atoms with Crippen LogP contribution in [0.5, 0.6) is 0 Å². The lowest BCUT2D eigenvalue weighted by Gasteiger charge is -2.09. The van der Waals surface area contributed by atoms with E-state index in [-0.39, 0.29) is 11.7 Å². The summed E-state index contributed by atoms with van der Waals surface area (Å²) < 4.78 is 15.8. The zero-order chi connectivity index (χ0) is 19.2. The second kappa shape index (κ2) is 8.99. The lowest BCUT2D eigenvalue weighted by molar-refractivity contribution is 0.0954. The Bertz CT molecular complexity index is 931. The molecule has 1 aromatic heterocycles. The molecule has 140 valence electrons. The number of carbonyl (C=O) groups excluding carboxylic acids is 1. The maximum Gasteiger partial charge on any atom is 0.251 e. The van der Waals surface area contributed by atoms with Crippen molar-refractivity contribution in [1.29, 1.82) is 0 Å². The highest BCUT2D eigenvalue weighted by atomic mass is 35.5. The fourth-order valence-corrected chi connectivity index (χ4v) is 2.81. The van der Waals surface area contributed by atoms with Gasteiger partial charge in [0, 0.05) is 37.6 Å². The molecule has 2 aromatic carbocycles. The number of hydrogen-bond acceptors (Lipinski definition) is 3. The van der Waals surface area contributed by atoms with Crippen LogP contribution in [0.1, 0.15) is 15.9 Å². The van der Waals surface area contributed by atoms with Gasteiger partial charge in [0.1, 0.15) is 5.82 Å². The maximum atomic E-state index is 14.2. The third kappa shape index (κ3) is 5.07. The topological polar surface area (TPSA) is 59.0 Å². The molecule has 0 saturated carbocycles. The molecule has 0 radical (unpaired) electrons. The van der Waals surface area contributed by atoms with Crippen molar-refractivity contribution >= 4 is 29.1 Å². The van der Waals surface area contributed by atoms with E-state index in [9.17, 15) is 9.18 Å². The average Bonchev–Trinajstić information content (AvgIpc) is 3.18. The Morgan fingerprint density at radius 3 is 2.67 bits per heavy atom. The van der Waals surface area contributed by atoms with Gasteiger partial charge in [0.2, 0.25) is 0 Å². The number of nitrogens with one attached hydrogen (secondary N) is 2. The van der Waals surface area contributed by atoms with Gasteiger partial charge in [0.25, 0.3) is 5.91 Å². The van der Waals surface area contributed by atoms with Crippen molar-refractivity contribution in [3.05, 3.63) is 82.1 Å². The lowest BCUT2D eigenvalue weighted by Crippen LogP contribution is -2.31. The summed E-state index contributed by atoms with van der Waals surface area (Å²) in [6.45, 7) is 1.45. The van der Waals surface area contributed by atoms with Crippen molar-refractivity contribution in [2.45, 2.75) is 6.54 Å². The maximum absolute atomic E-state index is 14.2. The van der Waals surface area contributed by atoms with E-state index in [2.05, 4.69) is 15.6 Å². The predicted octanol–water partition coefficient (Wildman–Crippen LogP) is 3.84. The molecule has 2 N–H and O–H groups in total. The SMILES string of the molecule is O=C(NCCNCc1ccc(-n2ccnc2)c(F)c1)c1ccc(Cl)c(Cl)c1. The Morgan fingerprint density at radius 2 is 1.96 bits per heavy atom. The molecule has 8 heteroatoms. The van der Waals surface area contributed by atoms with Gasteiger partial charge in [-0.25, -0.2) is 9.37 Å². The first kappa shape index (κ1) is 19.4. The van der Waals surface area contributed by atoms with Crippen LogP contribution in [0, 0.1) is 5.82 Å². The third-order valence-electron chi connectivity index (χ3n) is 3.89. The Labute approximate surface area is 166 Å². The summed E-state index contributed by atoms with van der Waals surface area (Å²) in [5.74, 6) is -0.550. The van der Waals surface area contributed by atoms with Crippen molar-refractivity contribution < 1.29 is 9.18 Å². The van der Waals surface area contributed by atoms with E-state index in [1.54, 1.807) is 41.5 Å². The highest BCUT2D eigenvalue weighted by Crippen LogP contribution is 2.22. The molecule has 27 heavy (non-hydrogen) atoms. The molecule has 0 aliphatic rings. The fraction of sp³-hybridized carbons (Fsp3) is 0.158. The van der Waals surface area contributed by atoms with E-state index in [4.69, 9.17) is 23.2 Å². The van der Waals surface area contributed by atoms with Crippen LogP contribution in [0.4, 0.5) is 4.39 Å². The number of halogens is 3. The number of benzene rings is 2. The molecule has 0 aliphatic carbocycles. The number of amides is 1. The molecule has 0 saturated heterocycles. The van der Waals surface area contributed by atoms with Crippen molar-refractivity contribution in [2.75, 3.05) is 13.1 Å². The van der Waals surface area contributed by atoms with Gasteiger partial charge in [0.05, 0.1) is 22.1 Å². The minimum absolute atomic E-state index is 0.230. The van der Waals surface area contributed by atoms with E-state index in [1.807, 2.05) is 6.07 Å². The largest absolute Gasteiger partial charge is 0.351 e. The van der Waals surface area contributed by atoms with Gasteiger partial charge in [-0.15, -0.1) is 0 Å². The predicted molar refractivity (Wildman–Crippen MR) is 104 cm³/mol. The van der Waals surface area contributed by atoms with Crippen LogP contribution in [0.15, 0.2) is 55.1 Å². The van der Waals surface area contributed by atoms with Crippen LogP contribution in [0.2, 0.25) is 10.0 Å². The molecule has 0 aliphatic heterocycles. The van der Waals surface area contributed by atoms with E-state index >= 15 is 0 Å². The van der Waals surface area contributed by atoms with Gasteiger partial charge in [-0.2, -0.15) is 0 Å². The molecule has 5 nitrogen and oxygen atoms in total. The Kier molecular flexibility index (Phi) is 6.45. The van der Waals surface area contributed by atoms with E-state index in [0.717, 1.165) is 5.56 Å². The highest BCUT2D eigenvalue weighted by Gasteiger charge is 2.08. The van der Waals surface area contributed by atoms with Crippen LogP contribution in [0.25, 0.3) is 5.69 Å². The zero-order valence-electron chi connectivity index (χ0n) is 14.3. The van der Waals surface area contributed by atoms with Gasteiger partial charge in [0.15, 0.2) is 0 Å². The number of imidazole rings is 1. The van der Waals surface area contributed by atoms with Crippen molar-refractivity contribution in [1.82, 2.24) is 20.2 Å². The quantitative estimate of drug-likeness (QED) is 0.586. The van der Waals surface area contributed by atoms with E-state index in [0.29, 0.717) is 40.9 Å². The average molecular weight is 407 g/mol. The van der Waals surface area contributed by atoms with Gasteiger partial charge in [-0.05, 0) is 35.9 Å². The molecule has 1 heterocycles. The van der Waals surface area contributed by atoms with Crippen LogP contribution >= 0.6 is 23.2 Å². The van der Waals surface area contributed by atoms with E-state index in [1.165, 1.54) is 12.1 Å². The summed E-state index contributed by atoms with van der Waals surface area (Å²) in [7, 11) is 0. The zero-order valence-corrected chi connectivity index (χ0v) is 15.8. The second-order valence-corrected chi connectivity index (χ2v) is 6.63. The molecule has 0 bridgehead atoms. The molecule has 1 amide bonds. The molecule has 3 aromatic rings. The number of hydrogen-bond donors (Lipinski definition) is 2. The third-order valence-corrected chi connectivity index (χ3v) is 4.63. The Morgan fingerprint density at radius 1 is 1.11 bits per heavy atom. The summed E-state index contributed by atoms with van der Waals surface area (Å²) in [5.41, 5.74) is 1.71. The van der Waals surface area contributed by atoms with Gasteiger partial charge >= 0.3 is 0 Å². The number of aromatic nitrogens is 2. The summed E-state index contributed by atoms with van der Waals surface area (Å²) >= 11 is 11.7. The first-order chi connectivity index (χ1) is 13.0. The molecular formula is C19H17Cl2FN4O. The van der Waals surface area contributed by atoms with Crippen LogP contribution in [0.3, 0.4) is 0 Å². The fourth-order valence-electron chi connectivity index (χ4n) is 2.51. The molecule has 0 fully saturated rings. The van der Waals surface area contributed by atoms with Gasteiger partial charge in [-0.1, -0.05) is 29.3 Å². The van der Waals surface area contributed by atoms with Crippen molar-refractivity contribution in [3.63, 3.8) is 0 Å². The van der Waals surface area contributed by atoms with Crippen molar-refractivity contribution in [3.8, 4) is 5.69 Å². The Balaban J connectivity index is 1.44. The molecule has 0 unspecified atom stereocenters. The van der Waals surface area contributed by atoms with Gasteiger partial charge in [-0.3, -0.25) is 4.79 Å². The minimum Gasteiger partial charge on any atom is -0.351 e. The second-order valence-electron chi connectivity index (χ2n) is 5.82. The molecule has 0 spiro atoms. The normalized spacial score (nSPS) is 10.8. The first-order valence-corrected chi connectivity index (χ1v) is 9.01. The number of rotatable bonds is 7. The number of nitrogens with zero attached hydrogens (tertiary/aromatic N) is 2. The Hall–Kier alpha value is -2.41. The van der Waals surface area contributed by atoms with Crippen LogP contribution in [-0.4, -0.2) is 28.5 Å². The highest BCUT2D eigenvalue weighted by molar-refractivity contribution is 6.42. The number of carbonyl (C=O) groups is 1. The summed E-state index contributed by atoms with van der Waals surface area (Å²) in [5, 5.41) is 6.69.